The highest BCUT2D eigenvalue weighted by Gasteiger charge is 2.32. The van der Waals surface area contributed by atoms with Crippen LogP contribution in [0, 0.1) is 16.0 Å². The maximum absolute atomic E-state index is 13.2. The van der Waals surface area contributed by atoms with Crippen molar-refractivity contribution in [2.75, 3.05) is 0 Å². The second-order valence-electron chi connectivity index (χ2n) is 7.69. The minimum absolute atomic E-state index is 0.00743. The summed E-state index contributed by atoms with van der Waals surface area (Å²) in [6, 6.07) is 6.21. The predicted octanol–water partition coefficient (Wildman–Crippen LogP) is 4.27. The van der Waals surface area contributed by atoms with Crippen LogP contribution in [-0.4, -0.2) is 32.0 Å². The van der Waals surface area contributed by atoms with E-state index in [0.717, 1.165) is 44.9 Å². The number of benzene rings is 1. The highest BCUT2D eigenvalue weighted by Crippen LogP contribution is 2.30. The molecule has 1 saturated carbocycles. The summed E-state index contributed by atoms with van der Waals surface area (Å²) in [6.45, 7) is 0.309. The lowest BCUT2D eigenvalue weighted by Crippen LogP contribution is -2.42. The SMILES string of the molecule is O=C([C@H]1CC=CCC1)N(Cc1nnc(-c2ccc([N+](=O)[O-])cc2)o1)C1CCCC1. The largest absolute Gasteiger partial charge is 0.419 e. The summed E-state index contributed by atoms with van der Waals surface area (Å²) < 4.78 is 5.80. The average molecular weight is 396 g/mol. The summed E-state index contributed by atoms with van der Waals surface area (Å²) in [4.78, 5) is 25.5. The molecule has 0 bridgehead atoms. The van der Waals surface area contributed by atoms with E-state index in [1.54, 1.807) is 12.1 Å². The van der Waals surface area contributed by atoms with Crippen molar-refractivity contribution in [2.45, 2.75) is 57.5 Å². The first-order chi connectivity index (χ1) is 14.1. The van der Waals surface area contributed by atoms with Crippen molar-refractivity contribution < 1.29 is 14.1 Å². The topological polar surface area (TPSA) is 102 Å². The minimum atomic E-state index is -0.450. The summed E-state index contributed by atoms with van der Waals surface area (Å²) >= 11 is 0. The molecule has 0 aliphatic heterocycles. The van der Waals surface area contributed by atoms with Gasteiger partial charge in [0.25, 0.3) is 5.69 Å². The molecule has 1 heterocycles. The monoisotopic (exact) mass is 396 g/mol. The Balaban J connectivity index is 1.51. The molecule has 29 heavy (non-hydrogen) atoms. The van der Waals surface area contributed by atoms with Crippen molar-refractivity contribution in [1.29, 1.82) is 0 Å². The number of rotatable bonds is 6. The van der Waals surface area contributed by atoms with Crippen molar-refractivity contribution in [3.8, 4) is 11.5 Å². The van der Waals surface area contributed by atoms with Crippen LogP contribution in [0.5, 0.6) is 0 Å². The van der Waals surface area contributed by atoms with Gasteiger partial charge in [-0.2, -0.15) is 0 Å². The zero-order chi connectivity index (χ0) is 20.2. The average Bonchev–Trinajstić information content (AvgIpc) is 3.44. The summed E-state index contributed by atoms with van der Waals surface area (Å²) in [5.41, 5.74) is 0.624. The molecule has 1 atom stereocenters. The molecule has 0 N–H and O–H groups in total. The van der Waals surface area contributed by atoms with Gasteiger partial charge in [0, 0.05) is 29.7 Å². The second kappa shape index (κ2) is 8.55. The predicted molar refractivity (Wildman–Crippen MR) is 106 cm³/mol. The number of hydrogen-bond acceptors (Lipinski definition) is 6. The van der Waals surface area contributed by atoms with Crippen molar-refractivity contribution >= 4 is 11.6 Å². The number of hydrogen-bond donors (Lipinski definition) is 0. The Morgan fingerprint density at radius 1 is 1.14 bits per heavy atom. The molecule has 0 saturated heterocycles. The van der Waals surface area contributed by atoms with Gasteiger partial charge < -0.3 is 9.32 Å². The van der Waals surface area contributed by atoms with Crippen LogP contribution in [0.3, 0.4) is 0 Å². The van der Waals surface area contributed by atoms with Crippen molar-refractivity contribution in [3.05, 3.63) is 52.4 Å². The third kappa shape index (κ3) is 4.36. The summed E-state index contributed by atoms with van der Waals surface area (Å²) in [6.07, 6.45) is 11.1. The van der Waals surface area contributed by atoms with Crippen molar-refractivity contribution in [3.63, 3.8) is 0 Å². The first-order valence-corrected chi connectivity index (χ1v) is 10.1. The standard InChI is InChI=1S/C21H24N4O4/c26-21(16-6-2-1-3-7-16)24(17-8-4-5-9-17)14-19-22-23-20(29-19)15-10-12-18(13-11-15)25(27)28/h1-2,10-13,16-17H,3-9,14H2/t16-/m0/s1. The molecule has 0 unspecified atom stereocenters. The fourth-order valence-corrected chi connectivity index (χ4v) is 4.16. The van der Waals surface area contributed by atoms with Gasteiger partial charge in [-0.05, 0) is 44.2 Å². The number of non-ortho nitro benzene ring substituents is 1. The summed E-state index contributed by atoms with van der Waals surface area (Å²) in [5.74, 6) is 0.897. The van der Waals surface area contributed by atoms with Gasteiger partial charge in [0.2, 0.25) is 17.7 Å². The van der Waals surface area contributed by atoms with Gasteiger partial charge in [-0.25, -0.2) is 0 Å². The third-order valence-electron chi connectivity index (χ3n) is 5.76. The minimum Gasteiger partial charge on any atom is -0.419 e. The Hall–Kier alpha value is -3.03. The molecule has 1 fully saturated rings. The highest BCUT2D eigenvalue weighted by molar-refractivity contribution is 5.79. The molecule has 2 aromatic rings. The van der Waals surface area contributed by atoms with Crippen LogP contribution in [-0.2, 0) is 11.3 Å². The van der Waals surface area contributed by atoms with E-state index in [1.807, 2.05) is 4.90 Å². The van der Waals surface area contributed by atoms with E-state index >= 15 is 0 Å². The Morgan fingerprint density at radius 2 is 1.90 bits per heavy atom. The van der Waals surface area contributed by atoms with Gasteiger partial charge in [-0.1, -0.05) is 25.0 Å². The fourth-order valence-electron chi connectivity index (χ4n) is 4.16. The van der Waals surface area contributed by atoms with E-state index in [0.29, 0.717) is 23.9 Å². The second-order valence-corrected chi connectivity index (χ2v) is 7.69. The lowest BCUT2D eigenvalue weighted by Gasteiger charge is -2.31. The summed E-state index contributed by atoms with van der Waals surface area (Å²) in [7, 11) is 0. The number of allylic oxidation sites excluding steroid dienone is 2. The van der Waals surface area contributed by atoms with Gasteiger partial charge >= 0.3 is 0 Å². The molecule has 1 aromatic heterocycles. The van der Waals surface area contributed by atoms with Crippen LogP contribution in [0.25, 0.3) is 11.5 Å². The van der Waals surface area contributed by atoms with Crippen LogP contribution < -0.4 is 0 Å². The Bertz CT molecular complexity index is 900. The van der Waals surface area contributed by atoms with Crippen LogP contribution in [0.2, 0.25) is 0 Å². The quantitative estimate of drug-likeness (QED) is 0.410. The normalized spacial score (nSPS) is 19.4. The molecule has 2 aliphatic carbocycles. The number of nitrogens with zero attached hydrogens (tertiary/aromatic N) is 4. The smallest absolute Gasteiger partial charge is 0.269 e. The lowest BCUT2D eigenvalue weighted by atomic mass is 9.92. The zero-order valence-electron chi connectivity index (χ0n) is 16.2. The van der Waals surface area contributed by atoms with Gasteiger partial charge in [-0.3, -0.25) is 14.9 Å². The number of amides is 1. The van der Waals surface area contributed by atoms with Crippen molar-refractivity contribution in [2.24, 2.45) is 5.92 Å². The van der Waals surface area contributed by atoms with Gasteiger partial charge in [0.05, 0.1) is 11.5 Å². The molecule has 152 valence electrons. The van der Waals surface area contributed by atoms with Gasteiger partial charge in [0.1, 0.15) is 0 Å². The molecule has 0 spiro atoms. The highest BCUT2D eigenvalue weighted by atomic mass is 16.6. The Morgan fingerprint density at radius 3 is 2.55 bits per heavy atom. The van der Waals surface area contributed by atoms with E-state index in [1.165, 1.54) is 12.1 Å². The third-order valence-corrected chi connectivity index (χ3v) is 5.76. The Kier molecular flexibility index (Phi) is 5.69. The summed E-state index contributed by atoms with van der Waals surface area (Å²) in [5, 5.41) is 19.0. The van der Waals surface area contributed by atoms with E-state index in [4.69, 9.17) is 4.42 Å². The van der Waals surface area contributed by atoms with Gasteiger partial charge in [0.15, 0.2) is 0 Å². The maximum atomic E-state index is 13.2. The van der Waals surface area contributed by atoms with E-state index < -0.39 is 4.92 Å². The zero-order valence-corrected chi connectivity index (χ0v) is 16.2. The molecule has 2 aliphatic rings. The number of carbonyl (C=O) groups is 1. The molecular weight excluding hydrogens is 372 g/mol. The van der Waals surface area contributed by atoms with E-state index in [2.05, 4.69) is 22.3 Å². The number of nitro groups is 1. The van der Waals surface area contributed by atoms with Crippen LogP contribution in [0.4, 0.5) is 5.69 Å². The first kappa shape index (κ1) is 19.3. The molecular formula is C21H24N4O4. The first-order valence-electron chi connectivity index (χ1n) is 10.1. The molecule has 8 heteroatoms. The Labute approximate surface area is 168 Å². The molecule has 4 rings (SSSR count). The van der Waals surface area contributed by atoms with Crippen LogP contribution in [0.15, 0.2) is 40.8 Å². The molecule has 0 radical (unpaired) electrons. The van der Waals surface area contributed by atoms with Crippen LogP contribution in [0.1, 0.15) is 50.8 Å². The fraction of sp³-hybridized carbons (Fsp3) is 0.476. The van der Waals surface area contributed by atoms with E-state index in [-0.39, 0.29) is 23.6 Å². The number of nitro benzene ring substituents is 1. The van der Waals surface area contributed by atoms with Crippen LogP contribution >= 0.6 is 0 Å². The number of carbonyl (C=O) groups excluding carboxylic acids is 1. The number of aromatic nitrogens is 2. The van der Waals surface area contributed by atoms with E-state index in [9.17, 15) is 14.9 Å². The molecule has 1 amide bonds. The molecule has 1 aromatic carbocycles. The van der Waals surface area contributed by atoms with Crippen molar-refractivity contribution in [1.82, 2.24) is 15.1 Å². The van der Waals surface area contributed by atoms with Gasteiger partial charge in [-0.15, -0.1) is 10.2 Å². The molecule has 8 nitrogen and oxygen atoms in total. The maximum Gasteiger partial charge on any atom is 0.269 e. The lowest BCUT2D eigenvalue weighted by molar-refractivity contribution is -0.384.